The summed E-state index contributed by atoms with van der Waals surface area (Å²) in [6, 6.07) is 5.38. The molecule has 3 atom stereocenters. The molecular weight excluding hydrogens is 397 g/mol. The zero-order valence-corrected chi connectivity index (χ0v) is 17.4. The van der Waals surface area contributed by atoms with Crippen LogP contribution in [0.25, 0.3) is 0 Å². The molecular formula is C18H24Cl3N3O2. The van der Waals surface area contributed by atoms with Crippen LogP contribution in [0.5, 0.6) is 0 Å². The van der Waals surface area contributed by atoms with Crippen LogP contribution in [0.4, 0.5) is 0 Å². The monoisotopic (exact) mass is 419 g/mol. The number of halogens is 3. The molecule has 1 aromatic rings. The van der Waals surface area contributed by atoms with Gasteiger partial charge in [-0.05, 0) is 18.4 Å². The zero-order valence-electron chi connectivity index (χ0n) is 15.1. The second kappa shape index (κ2) is 7.01. The predicted molar refractivity (Wildman–Crippen MR) is 105 cm³/mol. The van der Waals surface area contributed by atoms with E-state index in [1.807, 2.05) is 36.3 Å². The molecule has 0 aromatic carbocycles. The highest BCUT2D eigenvalue weighted by Crippen LogP contribution is 2.40. The molecule has 5 nitrogen and oxygen atoms in total. The molecule has 0 aliphatic carbocycles. The fourth-order valence-corrected chi connectivity index (χ4v) is 4.44. The summed E-state index contributed by atoms with van der Waals surface area (Å²) in [6.45, 7) is 7.42. The number of pyridine rings is 1. The Labute approximate surface area is 168 Å². The smallest absolute Gasteiger partial charge is 0.250 e. The summed E-state index contributed by atoms with van der Waals surface area (Å²) in [5, 5.41) is 2.91. The summed E-state index contributed by atoms with van der Waals surface area (Å²) in [6.07, 6.45) is 0.284. The fraction of sp³-hybridized carbons (Fsp3) is 0.667. The lowest BCUT2D eigenvalue weighted by Crippen LogP contribution is -2.61. The number of amides is 1. The molecule has 0 spiro atoms. The Morgan fingerprint density at radius 1 is 1.19 bits per heavy atom. The SMILES string of the molecule is CC(C)(C)C(=O)NC(N1CC2CC(C1)c1cccc(=O)n1C2)C(Cl)(Cl)Cl. The number of carbonyl (C=O) groups excluding carboxylic acids is 1. The first-order chi connectivity index (χ1) is 12.0. The number of hydrogen-bond donors (Lipinski definition) is 1. The Balaban J connectivity index is 1.87. The summed E-state index contributed by atoms with van der Waals surface area (Å²) in [4.78, 5) is 26.7. The van der Waals surface area contributed by atoms with Gasteiger partial charge in [0.1, 0.15) is 6.17 Å². The van der Waals surface area contributed by atoms with Crippen molar-refractivity contribution in [3.05, 3.63) is 34.2 Å². The Morgan fingerprint density at radius 3 is 2.50 bits per heavy atom. The van der Waals surface area contributed by atoms with Crippen LogP contribution in [0.15, 0.2) is 23.0 Å². The van der Waals surface area contributed by atoms with Crippen LogP contribution in [0.1, 0.15) is 38.8 Å². The predicted octanol–water partition coefficient (Wildman–Crippen LogP) is 3.13. The van der Waals surface area contributed by atoms with Crippen LogP contribution in [0, 0.1) is 11.3 Å². The molecule has 1 fully saturated rings. The van der Waals surface area contributed by atoms with Crippen LogP contribution in [-0.2, 0) is 11.3 Å². The van der Waals surface area contributed by atoms with Gasteiger partial charge in [0, 0.05) is 42.7 Å². The summed E-state index contributed by atoms with van der Waals surface area (Å²) >= 11 is 18.7. The molecule has 1 saturated heterocycles. The maximum Gasteiger partial charge on any atom is 0.250 e. The van der Waals surface area contributed by atoms with Crippen LogP contribution in [-0.4, -0.2) is 38.4 Å². The maximum absolute atomic E-state index is 12.5. The molecule has 3 unspecified atom stereocenters. The number of hydrogen-bond acceptors (Lipinski definition) is 3. The van der Waals surface area contributed by atoms with Crippen LogP contribution < -0.4 is 10.9 Å². The number of piperidine rings is 1. The second-order valence-electron chi connectivity index (χ2n) is 8.32. The van der Waals surface area contributed by atoms with Crippen molar-refractivity contribution >= 4 is 40.7 Å². The normalized spacial score (nSPS) is 24.7. The third-order valence-corrected chi connectivity index (χ3v) is 5.75. The molecule has 1 N–H and O–H groups in total. The minimum Gasteiger partial charge on any atom is -0.336 e. The first kappa shape index (κ1) is 20.0. The number of nitrogens with one attached hydrogen (secondary N) is 1. The van der Waals surface area contributed by atoms with E-state index in [4.69, 9.17) is 34.8 Å². The summed E-state index contributed by atoms with van der Waals surface area (Å²) in [5.74, 6) is 0.293. The van der Waals surface area contributed by atoms with Gasteiger partial charge in [-0.15, -0.1) is 0 Å². The first-order valence-corrected chi connectivity index (χ1v) is 9.91. The quantitative estimate of drug-likeness (QED) is 0.748. The van der Waals surface area contributed by atoms with Gasteiger partial charge in [0.2, 0.25) is 9.70 Å². The number of alkyl halides is 3. The lowest BCUT2D eigenvalue weighted by Gasteiger charge is -2.47. The number of fused-ring (bicyclic) bond motifs is 4. The molecule has 1 aromatic heterocycles. The van der Waals surface area contributed by atoms with Crippen molar-refractivity contribution in [3.8, 4) is 0 Å². The average molecular weight is 421 g/mol. The molecule has 144 valence electrons. The lowest BCUT2D eigenvalue weighted by atomic mass is 9.83. The molecule has 0 saturated carbocycles. The van der Waals surface area contributed by atoms with Gasteiger partial charge in [-0.25, -0.2) is 0 Å². The highest BCUT2D eigenvalue weighted by atomic mass is 35.6. The Kier molecular flexibility index (Phi) is 5.39. The van der Waals surface area contributed by atoms with Gasteiger partial charge in [-0.3, -0.25) is 14.5 Å². The van der Waals surface area contributed by atoms with Gasteiger partial charge in [0.25, 0.3) is 5.56 Å². The number of nitrogens with zero attached hydrogens (tertiary/aromatic N) is 2. The fourth-order valence-electron chi connectivity index (χ4n) is 3.87. The van der Waals surface area contributed by atoms with E-state index in [1.54, 1.807) is 12.1 Å². The van der Waals surface area contributed by atoms with Crippen LogP contribution in [0.3, 0.4) is 0 Å². The van der Waals surface area contributed by atoms with E-state index in [-0.39, 0.29) is 23.3 Å². The van der Waals surface area contributed by atoms with Gasteiger partial charge >= 0.3 is 0 Å². The topological polar surface area (TPSA) is 54.3 Å². The number of rotatable bonds is 2. The molecule has 2 bridgehead atoms. The third kappa shape index (κ3) is 4.06. The summed E-state index contributed by atoms with van der Waals surface area (Å²) in [7, 11) is 0. The van der Waals surface area contributed by atoms with E-state index in [9.17, 15) is 9.59 Å². The number of likely N-dealkylation sites (tertiary alicyclic amines) is 1. The van der Waals surface area contributed by atoms with Crippen molar-refractivity contribution in [2.24, 2.45) is 11.3 Å². The number of aromatic nitrogens is 1. The zero-order chi connectivity index (χ0) is 19.3. The van der Waals surface area contributed by atoms with Gasteiger partial charge in [0.05, 0.1) is 0 Å². The van der Waals surface area contributed by atoms with E-state index in [0.717, 1.165) is 12.1 Å². The van der Waals surface area contributed by atoms with E-state index in [1.165, 1.54) is 0 Å². The van der Waals surface area contributed by atoms with Gasteiger partial charge < -0.3 is 9.88 Å². The highest BCUT2D eigenvalue weighted by Gasteiger charge is 2.45. The molecule has 3 rings (SSSR count). The average Bonchev–Trinajstić information content (AvgIpc) is 2.51. The molecule has 2 aliphatic rings. The molecule has 26 heavy (non-hydrogen) atoms. The molecule has 8 heteroatoms. The standard InChI is InChI=1S/C18H24Cl3N3O2/c1-17(2,3)16(26)22-15(18(19,20)21)23-8-11-7-12(10-23)13-5-4-6-14(25)24(13)9-11/h4-6,11-12,15H,7-10H2,1-3H3,(H,22,26). The van der Waals surface area contributed by atoms with Gasteiger partial charge in [-0.1, -0.05) is 61.6 Å². The third-order valence-electron chi connectivity index (χ3n) is 5.13. The van der Waals surface area contributed by atoms with Crippen LogP contribution in [0.2, 0.25) is 0 Å². The van der Waals surface area contributed by atoms with Crippen LogP contribution >= 0.6 is 34.8 Å². The molecule has 3 heterocycles. The van der Waals surface area contributed by atoms with Crippen molar-refractivity contribution in [1.29, 1.82) is 0 Å². The lowest BCUT2D eigenvalue weighted by molar-refractivity contribution is -0.131. The largest absolute Gasteiger partial charge is 0.336 e. The van der Waals surface area contributed by atoms with Gasteiger partial charge in [0.15, 0.2) is 0 Å². The van der Waals surface area contributed by atoms with E-state index in [2.05, 4.69) is 5.32 Å². The first-order valence-electron chi connectivity index (χ1n) is 8.78. The Bertz CT molecular complexity index is 751. The number of carbonyl (C=O) groups is 1. The summed E-state index contributed by atoms with van der Waals surface area (Å²) < 4.78 is 0.206. The van der Waals surface area contributed by atoms with E-state index in [0.29, 0.717) is 19.6 Å². The van der Waals surface area contributed by atoms with Crippen molar-refractivity contribution in [2.45, 2.75) is 49.6 Å². The minimum atomic E-state index is -1.65. The van der Waals surface area contributed by atoms with Crippen molar-refractivity contribution < 1.29 is 4.79 Å². The van der Waals surface area contributed by atoms with Crippen molar-refractivity contribution in [2.75, 3.05) is 13.1 Å². The second-order valence-corrected chi connectivity index (χ2v) is 10.7. The Hall–Kier alpha value is -0.750. The molecule has 2 aliphatic heterocycles. The Morgan fingerprint density at radius 2 is 1.88 bits per heavy atom. The highest BCUT2D eigenvalue weighted by molar-refractivity contribution is 6.68. The summed E-state index contributed by atoms with van der Waals surface area (Å²) in [5.41, 5.74) is 0.466. The van der Waals surface area contributed by atoms with Crippen molar-refractivity contribution in [3.63, 3.8) is 0 Å². The maximum atomic E-state index is 12.5. The molecule has 0 radical (unpaired) electrons. The minimum absolute atomic E-state index is 0.0320. The van der Waals surface area contributed by atoms with E-state index >= 15 is 0 Å². The van der Waals surface area contributed by atoms with E-state index < -0.39 is 15.4 Å². The molecule has 1 amide bonds. The van der Waals surface area contributed by atoms with Crippen molar-refractivity contribution in [1.82, 2.24) is 14.8 Å². The van der Waals surface area contributed by atoms with Gasteiger partial charge in [-0.2, -0.15) is 0 Å².